The van der Waals surface area contributed by atoms with Gasteiger partial charge in [0.15, 0.2) is 5.78 Å². The van der Waals surface area contributed by atoms with Gasteiger partial charge in [-0.3, -0.25) is 4.79 Å². The van der Waals surface area contributed by atoms with E-state index in [0.29, 0.717) is 5.92 Å². The summed E-state index contributed by atoms with van der Waals surface area (Å²) in [6, 6.07) is 17.5. The number of nitrogens with one attached hydrogen (secondary N) is 1. The summed E-state index contributed by atoms with van der Waals surface area (Å²) in [4.78, 5) is 17.8. The molecule has 0 radical (unpaired) electrons. The molecule has 1 aliphatic rings. The van der Waals surface area contributed by atoms with Gasteiger partial charge in [0.05, 0.1) is 15.6 Å². The first kappa shape index (κ1) is 17.9. The fraction of sp³-hybridized carbons (Fsp3) is 0.273. The van der Waals surface area contributed by atoms with E-state index in [4.69, 9.17) is 9.72 Å². The van der Waals surface area contributed by atoms with Gasteiger partial charge in [-0.05, 0) is 62.3 Å². The molecule has 2 heterocycles. The number of ketones is 1. The summed E-state index contributed by atoms with van der Waals surface area (Å²) in [7, 11) is 0. The summed E-state index contributed by atoms with van der Waals surface area (Å²) in [6.45, 7) is 3.65. The van der Waals surface area contributed by atoms with Crippen molar-refractivity contribution in [3.63, 3.8) is 0 Å². The maximum atomic E-state index is 12.2. The standard InChI is InChI=1S/C22H22N2O2S/c1-15(25)21-20(24-22(27-21)17-11-13-23-14-12-17)16-7-9-19(10-8-16)26-18-5-3-2-4-6-18/h2-10,17,23H,11-14H2,1H3. The van der Waals surface area contributed by atoms with Gasteiger partial charge in [-0.25, -0.2) is 4.98 Å². The van der Waals surface area contributed by atoms with Gasteiger partial charge in [-0.2, -0.15) is 0 Å². The predicted molar refractivity (Wildman–Crippen MR) is 109 cm³/mol. The van der Waals surface area contributed by atoms with E-state index in [0.717, 1.165) is 58.6 Å². The van der Waals surface area contributed by atoms with Gasteiger partial charge < -0.3 is 10.1 Å². The molecule has 1 saturated heterocycles. The maximum absolute atomic E-state index is 12.2. The molecule has 0 saturated carbocycles. The van der Waals surface area contributed by atoms with Crippen LogP contribution < -0.4 is 10.1 Å². The highest BCUT2D eigenvalue weighted by atomic mass is 32.1. The lowest BCUT2D eigenvalue weighted by Gasteiger charge is -2.20. The normalized spacial score (nSPS) is 14.9. The third-order valence-electron chi connectivity index (χ3n) is 4.76. The highest BCUT2D eigenvalue weighted by Gasteiger charge is 2.23. The molecule has 0 amide bonds. The Labute approximate surface area is 163 Å². The zero-order chi connectivity index (χ0) is 18.6. The minimum atomic E-state index is 0.0762. The lowest BCUT2D eigenvalue weighted by atomic mass is 9.99. The number of para-hydroxylation sites is 1. The zero-order valence-corrected chi connectivity index (χ0v) is 16.1. The fourth-order valence-corrected chi connectivity index (χ4v) is 4.47. The van der Waals surface area contributed by atoms with E-state index in [-0.39, 0.29) is 5.78 Å². The molecule has 0 atom stereocenters. The Bertz CT molecular complexity index is 913. The third-order valence-corrected chi connectivity index (χ3v) is 6.08. The number of rotatable bonds is 5. The smallest absolute Gasteiger partial charge is 0.172 e. The number of aromatic nitrogens is 1. The van der Waals surface area contributed by atoms with Crippen LogP contribution in [0.2, 0.25) is 0 Å². The lowest BCUT2D eigenvalue weighted by molar-refractivity contribution is 0.102. The minimum Gasteiger partial charge on any atom is -0.457 e. The molecule has 0 bridgehead atoms. The van der Waals surface area contributed by atoms with Crippen molar-refractivity contribution in [3.8, 4) is 22.8 Å². The Morgan fingerprint density at radius 3 is 2.37 bits per heavy atom. The number of carbonyl (C=O) groups excluding carboxylic acids is 1. The van der Waals surface area contributed by atoms with Gasteiger partial charge in [0.1, 0.15) is 11.5 Å². The van der Waals surface area contributed by atoms with E-state index in [9.17, 15) is 4.79 Å². The number of hydrogen-bond acceptors (Lipinski definition) is 5. The molecule has 1 fully saturated rings. The Hall–Kier alpha value is -2.50. The molecule has 0 unspecified atom stereocenters. The van der Waals surface area contributed by atoms with Crippen LogP contribution in [-0.2, 0) is 0 Å². The Morgan fingerprint density at radius 2 is 1.70 bits per heavy atom. The summed E-state index contributed by atoms with van der Waals surface area (Å²) in [6.07, 6.45) is 2.16. The second-order valence-electron chi connectivity index (χ2n) is 6.75. The van der Waals surface area contributed by atoms with Crippen molar-refractivity contribution in [2.75, 3.05) is 13.1 Å². The number of nitrogens with zero attached hydrogens (tertiary/aromatic N) is 1. The Morgan fingerprint density at radius 1 is 1.04 bits per heavy atom. The molecule has 138 valence electrons. The Balaban J connectivity index is 1.60. The van der Waals surface area contributed by atoms with Crippen LogP contribution in [0.3, 0.4) is 0 Å². The molecule has 4 rings (SSSR count). The summed E-state index contributed by atoms with van der Waals surface area (Å²) in [5, 5.41) is 4.47. The molecule has 3 aromatic rings. The molecule has 4 nitrogen and oxygen atoms in total. The number of hydrogen-bond donors (Lipinski definition) is 1. The van der Waals surface area contributed by atoms with Gasteiger partial charge in [0.25, 0.3) is 0 Å². The topological polar surface area (TPSA) is 51.2 Å². The van der Waals surface area contributed by atoms with Crippen LogP contribution in [0.1, 0.15) is 40.4 Å². The molecule has 1 aliphatic heterocycles. The molecule has 0 aliphatic carbocycles. The van der Waals surface area contributed by atoms with Crippen molar-refractivity contribution in [1.29, 1.82) is 0 Å². The van der Waals surface area contributed by atoms with Gasteiger partial charge in [-0.1, -0.05) is 18.2 Å². The zero-order valence-electron chi connectivity index (χ0n) is 15.3. The summed E-state index contributed by atoms with van der Waals surface area (Å²) in [5.74, 6) is 2.09. The molecule has 5 heteroatoms. The first-order valence-corrected chi connectivity index (χ1v) is 10.1. The van der Waals surface area contributed by atoms with E-state index in [2.05, 4.69) is 5.32 Å². The number of thiazole rings is 1. The van der Waals surface area contributed by atoms with E-state index in [1.165, 1.54) is 0 Å². The second-order valence-corrected chi connectivity index (χ2v) is 7.78. The molecule has 1 N–H and O–H groups in total. The van der Waals surface area contributed by atoms with Crippen LogP contribution in [0.5, 0.6) is 11.5 Å². The number of benzene rings is 2. The van der Waals surface area contributed by atoms with Crippen LogP contribution in [0, 0.1) is 0 Å². The van der Waals surface area contributed by atoms with Crippen molar-refractivity contribution in [3.05, 3.63) is 64.5 Å². The number of ether oxygens (including phenoxy) is 1. The number of Topliss-reactive ketones (excluding diaryl/α,β-unsaturated/α-hetero) is 1. The monoisotopic (exact) mass is 378 g/mol. The van der Waals surface area contributed by atoms with Crippen LogP contribution >= 0.6 is 11.3 Å². The molecule has 27 heavy (non-hydrogen) atoms. The lowest BCUT2D eigenvalue weighted by Crippen LogP contribution is -2.26. The number of carbonyl (C=O) groups is 1. The Kier molecular flexibility index (Phi) is 5.32. The quantitative estimate of drug-likeness (QED) is 0.614. The number of piperidine rings is 1. The largest absolute Gasteiger partial charge is 0.457 e. The highest BCUT2D eigenvalue weighted by molar-refractivity contribution is 7.14. The van der Waals surface area contributed by atoms with Crippen LogP contribution in [0.4, 0.5) is 0 Å². The average molecular weight is 378 g/mol. The van der Waals surface area contributed by atoms with E-state index < -0.39 is 0 Å². The molecular formula is C22H22N2O2S. The first-order chi connectivity index (χ1) is 13.2. The second kappa shape index (κ2) is 8.03. The van der Waals surface area contributed by atoms with Crippen LogP contribution in [-0.4, -0.2) is 23.9 Å². The fourth-order valence-electron chi connectivity index (χ4n) is 3.32. The molecular weight excluding hydrogens is 356 g/mol. The van der Waals surface area contributed by atoms with Gasteiger partial charge >= 0.3 is 0 Å². The minimum absolute atomic E-state index is 0.0762. The maximum Gasteiger partial charge on any atom is 0.172 e. The average Bonchev–Trinajstić information content (AvgIpc) is 3.16. The SMILES string of the molecule is CC(=O)c1sc(C2CCNCC2)nc1-c1ccc(Oc2ccccc2)cc1. The van der Waals surface area contributed by atoms with Gasteiger partial charge in [-0.15, -0.1) is 11.3 Å². The van der Waals surface area contributed by atoms with E-state index >= 15 is 0 Å². The van der Waals surface area contributed by atoms with Crippen LogP contribution in [0.15, 0.2) is 54.6 Å². The van der Waals surface area contributed by atoms with Crippen LogP contribution in [0.25, 0.3) is 11.3 Å². The summed E-state index contributed by atoms with van der Waals surface area (Å²) in [5.41, 5.74) is 1.75. The molecule has 2 aromatic carbocycles. The van der Waals surface area contributed by atoms with E-state index in [1.807, 2.05) is 54.6 Å². The van der Waals surface area contributed by atoms with Gasteiger partial charge in [0.2, 0.25) is 0 Å². The van der Waals surface area contributed by atoms with Gasteiger partial charge in [0, 0.05) is 18.4 Å². The predicted octanol–water partition coefficient (Wildman–Crippen LogP) is 5.27. The third kappa shape index (κ3) is 4.10. The van der Waals surface area contributed by atoms with E-state index in [1.54, 1.807) is 18.3 Å². The summed E-state index contributed by atoms with van der Waals surface area (Å²) >= 11 is 1.56. The van der Waals surface area contributed by atoms with Crippen molar-refractivity contribution in [2.24, 2.45) is 0 Å². The molecule has 1 aromatic heterocycles. The molecule has 0 spiro atoms. The first-order valence-electron chi connectivity index (χ1n) is 9.26. The highest BCUT2D eigenvalue weighted by Crippen LogP contribution is 2.36. The van der Waals surface area contributed by atoms with Crippen molar-refractivity contribution < 1.29 is 9.53 Å². The van der Waals surface area contributed by atoms with Crippen molar-refractivity contribution in [1.82, 2.24) is 10.3 Å². The summed E-state index contributed by atoms with van der Waals surface area (Å²) < 4.78 is 5.86. The van der Waals surface area contributed by atoms with Crippen molar-refractivity contribution >= 4 is 17.1 Å². The van der Waals surface area contributed by atoms with Crippen molar-refractivity contribution in [2.45, 2.75) is 25.7 Å².